The first-order valence-corrected chi connectivity index (χ1v) is 9.45. The van der Waals surface area contributed by atoms with E-state index in [2.05, 4.69) is 18.3 Å². The van der Waals surface area contributed by atoms with Gasteiger partial charge in [-0.05, 0) is 39.3 Å². The van der Waals surface area contributed by atoms with Crippen molar-refractivity contribution < 1.29 is 13.2 Å². The van der Waals surface area contributed by atoms with E-state index in [0.29, 0.717) is 6.42 Å². The second-order valence-electron chi connectivity index (χ2n) is 6.00. The van der Waals surface area contributed by atoms with Gasteiger partial charge in [0.1, 0.15) is 15.6 Å². The summed E-state index contributed by atoms with van der Waals surface area (Å²) < 4.78 is 29.6. The summed E-state index contributed by atoms with van der Waals surface area (Å²) in [6, 6.07) is 6.14. The first kappa shape index (κ1) is 16.3. The Morgan fingerprint density at radius 2 is 2.10 bits per heavy atom. The third-order valence-electron chi connectivity index (χ3n) is 4.06. The van der Waals surface area contributed by atoms with E-state index in [1.54, 1.807) is 0 Å². The third-order valence-corrected chi connectivity index (χ3v) is 5.70. The summed E-state index contributed by atoms with van der Waals surface area (Å²) in [4.78, 5) is 0. The van der Waals surface area contributed by atoms with E-state index < -0.39 is 9.84 Å². The second-order valence-corrected chi connectivity index (χ2v) is 8.33. The predicted molar refractivity (Wildman–Crippen MR) is 85.5 cm³/mol. The minimum atomic E-state index is -2.97. The molecule has 0 aromatic heterocycles. The Hall–Kier alpha value is -1.07. The summed E-state index contributed by atoms with van der Waals surface area (Å²) in [5.41, 5.74) is 2.32. The molecule has 1 aromatic carbocycles. The van der Waals surface area contributed by atoms with Gasteiger partial charge in [-0.2, -0.15) is 0 Å². The lowest BCUT2D eigenvalue weighted by Crippen LogP contribution is -2.33. The summed E-state index contributed by atoms with van der Waals surface area (Å²) in [6.07, 6.45) is 4.53. The summed E-state index contributed by atoms with van der Waals surface area (Å²) in [5, 5.41) is 2.89. The molecule has 2 unspecified atom stereocenters. The van der Waals surface area contributed by atoms with Crippen molar-refractivity contribution in [2.75, 3.05) is 13.3 Å². The van der Waals surface area contributed by atoms with Gasteiger partial charge in [-0.15, -0.1) is 0 Å². The molecule has 118 valence electrons. The summed E-state index contributed by atoms with van der Waals surface area (Å²) in [5.74, 6) is 0.870. The lowest BCUT2D eigenvalue weighted by molar-refractivity contribution is 0.154. The van der Waals surface area contributed by atoms with Crippen molar-refractivity contribution in [3.63, 3.8) is 0 Å². The lowest BCUT2D eigenvalue weighted by atomic mass is 9.97. The van der Waals surface area contributed by atoms with Crippen LogP contribution in [0.2, 0.25) is 0 Å². The smallest absolute Gasteiger partial charge is 0.150 e. The van der Waals surface area contributed by atoms with Crippen LogP contribution in [-0.4, -0.2) is 33.1 Å². The molecular formula is C16H25NO3S. The van der Waals surface area contributed by atoms with Crippen LogP contribution in [0.1, 0.15) is 36.8 Å². The topological polar surface area (TPSA) is 55.4 Å². The van der Waals surface area contributed by atoms with Gasteiger partial charge < -0.3 is 10.1 Å². The molecule has 1 saturated carbocycles. The molecule has 4 nitrogen and oxygen atoms in total. The minimum absolute atomic E-state index is 0.00297. The van der Waals surface area contributed by atoms with Crippen LogP contribution in [-0.2, 0) is 16.4 Å². The summed E-state index contributed by atoms with van der Waals surface area (Å²) in [7, 11) is -1.06. The first-order valence-electron chi connectivity index (χ1n) is 7.50. The molecule has 2 atom stereocenters. The molecule has 0 heterocycles. The zero-order chi connectivity index (χ0) is 15.5. The first-order chi connectivity index (χ1) is 9.90. The van der Waals surface area contributed by atoms with Gasteiger partial charge in [-0.25, -0.2) is 8.42 Å². The highest BCUT2D eigenvalue weighted by molar-refractivity contribution is 7.91. The van der Waals surface area contributed by atoms with Crippen LogP contribution in [0.15, 0.2) is 18.2 Å². The molecule has 2 rings (SSSR count). The fourth-order valence-corrected chi connectivity index (χ4v) is 4.09. The molecule has 1 aliphatic carbocycles. The second kappa shape index (κ2) is 6.79. The van der Waals surface area contributed by atoms with Crippen LogP contribution in [0.3, 0.4) is 0 Å². The fourth-order valence-electron chi connectivity index (χ4n) is 2.93. The Bertz CT molecular complexity index is 583. The van der Waals surface area contributed by atoms with Crippen LogP contribution >= 0.6 is 0 Å². The van der Waals surface area contributed by atoms with Crippen LogP contribution < -0.4 is 10.1 Å². The summed E-state index contributed by atoms with van der Waals surface area (Å²) in [6.45, 7) is 2.81. The maximum atomic E-state index is 11.7. The standard InChI is InChI=1S/C16H25NO3S/c1-12-7-8-16(13(9-12)11-17-2)20-14-5-4-6-15(10-14)21(3,18)19/h7-9,14-15,17H,4-6,10-11H2,1-3H3. The number of sulfone groups is 1. The van der Waals surface area contributed by atoms with E-state index in [4.69, 9.17) is 4.74 Å². The minimum Gasteiger partial charge on any atom is -0.490 e. The Morgan fingerprint density at radius 3 is 2.76 bits per heavy atom. The Kier molecular flexibility index (Phi) is 5.27. The largest absolute Gasteiger partial charge is 0.490 e. The number of hydrogen-bond donors (Lipinski definition) is 1. The van der Waals surface area contributed by atoms with Gasteiger partial charge >= 0.3 is 0 Å². The van der Waals surface area contributed by atoms with Crippen molar-refractivity contribution in [3.8, 4) is 5.75 Å². The molecule has 21 heavy (non-hydrogen) atoms. The van der Waals surface area contributed by atoms with Crippen molar-refractivity contribution in [1.82, 2.24) is 5.32 Å². The molecule has 1 fully saturated rings. The number of benzene rings is 1. The molecule has 0 amide bonds. The molecule has 1 N–H and O–H groups in total. The SMILES string of the molecule is CNCc1cc(C)ccc1OC1CCCC(S(C)(=O)=O)C1. The molecule has 5 heteroatoms. The average molecular weight is 311 g/mol. The van der Waals surface area contributed by atoms with E-state index in [0.717, 1.165) is 37.1 Å². The van der Waals surface area contributed by atoms with Crippen molar-refractivity contribution >= 4 is 9.84 Å². The van der Waals surface area contributed by atoms with Crippen LogP contribution in [0, 0.1) is 6.92 Å². The number of ether oxygens (including phenoxy) is 1. The highest BCUT2D eigenvalue weighted by atomic mass is 32.2. The van der Waals surface area contributed by atoms with Crippen LogP contribution in [0.4, 0.5) is 0 Å². The van der Waals surface area contributed by atoms with Gasteiger partial charge in [-0.1, -0.05) is 17.7 Å². The van der Waals surface area contributed by atoms with Crippen molar-refractivity contribution in [2.45, 2.75) is 50.5 Å². The van der Waals surface area contributed by atoms with E-state index in [-0.39, 0.29) is 11.4 Å². The Labute approximate surface area is 127 Å². The number of rotatable bonds is 5. The predicted octanol–water partition coefficient (Wildman–Crippen LogP) is 2.45. The molecule has 0 saturated heterocycles. The van der Waals surface area contributed by atoms with Crippen LogP contribution in [0.25, 0.3) is 0 Å². The third kappa shape index (κ3) is 4.45. The quantitative estimate of drug-likeness (QED) is 0.907. The maximum absolute atomic E-state index is 11.7. The fraction of sp³-hybridized carbons (Fsp3) is 0.625. The molecule has 0 aliphatic heterocycles. The number of nitrogens with one attached hydrogen (secondary N) is 1. The normalized spacial score (nSPS) is 23.0. The Morgan fingerprint density at radius 1 is 1.33 bits per heavy atom. The average Bonchev–Trinajstić information content (AvgIpc) is 2.42. The van der Waals surface area contributed by atoms with E-state index in [1.165, 1.54) is 11.8 Å². The number of hydrogen-bond acceptors (Lipinski definition) is 4. The van der Waals surface area contributed by atoms with Gasteiger partial charge in [0, 0.05) is 24.8 Å². The highest BCUT2D eigenvalue weighted by Gasteiger charge is 2.30. The van der Waals surface area contributed by atoms with Gasteiger partial charge in [-0.3, -0.25) is 0 Å². The monoisotopic (exact) mass is 311 g/mol. The van der Waals surface area contributed by atoms with Gasteiger partial charge in [0.05, 0.1) is 11.4 Å². The molecule has 0 bridgehead atoms. The summed E-state index contributed by atoms with van der Waals surface area (Å²) >= 11 is 0. The lowest BCUT2D eigenvalue weighted by Gasteiger charge is -2.29. The van der Waals surface area contributed by atoms with E-state index in [1.807, 2.05) is 19.2 Å². The zero-order valence-electron chi connectivity index (χ0n) is 13.1. The molecular weight excluding hydrogens is 286 g/mol. The van der Waals surface area contributed by atoms with Gasteiger partial charge in [0.15, 0.2) is 0 Å². The Balaban J connectivity index is 2.11. The number of aryl methyl sites for hydroxylation is 1. The van der Waals surface area contributed by atoms with Gasteiger partial charge in [0.2, 0.25) is 0 Å². The van der Waals surface area contributed by atoms with E-state index in [9.17, 15) is 8.42 Å². The van der Waals surface area contributed by atoms with E-state index >= 15 is 0 Å². The van der Waals surface area contributed by atoms with Crippen molar-refractivity contribution in [2.24, 2.45) is 0 Å². The highest BCUT2D eigenvalue weighted by Crippen LogP contribution is 2.29. The maximum Gasteiger partial charge on any atom is 0.150 e. The van der Waals surface area contributed by atoms with Crippen LogP contribution in [0.5, 0.6) is 5.75 Å². The van der Waals surface area contributed by atoms with Crippen molar-refractivity contribution in [3.05, 3.63) is 29.3 Å². The molecule has 1 aliphatic rings. The van der Waals surface area contributed by atoms with Gasteiger partial charge in [0.25, 0.3) is 0 Å². The van der Waals surface area contributed by atoms with Crippen molar-refractivity contribution in [1.29, 1.82) is 0 Å². The molecule has 0 spiro atoms. The zero-order valence-corrected chi connectivity index (χ0v) is 13.9. The molecule has 1 aromatic rings. The molecule has 0 radical (unpaired) electrons.